The van der Waals surface area contributed by atoms with Gasteiger partial charge in [-0.1, -0.05) is 18.2 Å². The summed E-state index contributed by atoms with van der Waals surface area (Å²) in [6, 6.07) is 12.3. The topological polar surface area (TPSA) is 88.8 Å². The van der Waals surface area contributed by atoms with E-state index in [-0.39, 0.29) is 41.6 Å². The zero-order valence-corrected chi connectivity index (χ0v) is 17.3. The molecule has 0 heterocycles. The van der Waals surface area contributed by atoms with Gasteiger partial charge in [-0.15, -0.1) is 24.0 Å². The lowest BCUT2D eigenvalue weighted by Gasteiger charge is -2.17. The fourth-order valence-electron chi connectivity index (χ4n) is 2.20. The van der Waals surface area contributed by atoms with Gasteiger partial charge in [0.1, 0.15) is 17.7 Å². The van der Waals surface area contributed by atoms with Crippen LogP contribution in [-0.2, 0) is 6.54 Å². The highest BCUT2D eigenvalue weighted by Gasteiger charge is 2.07. The zero-order chi connectivity index (χ0) is 18.9. The van der Waals surface area contributed by atoms with E-state index in [1.165, 1.54) is 24.3 Å². The van der Waals surface area contributed by atoms with Crippen molar-refractivity contribution in [2.24, 2.45) is 4.99 Å². The van der Waals surface area contributed by atoms with Crippen molar-refractivity contribution in [1.29, 1.82) is 0 Å². The highest BCUT2D eigenvalue weighted by molar-refractivity contribution is 14.0. The van der Waals surface area contributed by atoms with Crippen LogP contribution in [0.1, 0.15) is 12.5 Å². The van der Waals surface area contributed by atoms with Crippen molar-refractivity contribution in [2.75, 3.05) is 13.6 Å². The van der Waals surface area contributed by atoms with Gasteiger partial charge < -0.3 is 15.4 Å². The largest absolute Gasteiger partial charge is 0.489 e. The average Bonchev–Trinajstić information content (AvgIpc) is 2.62. The van der Waals surface area contributed by atoms with Crippen LogP contribution in [0.5, 0.6) is 5.75 Å². The Bertz CT molecular complexity index is 771. The molecule has 0 fully saturated rings. The van der Waals surface area contributed by atoms with Crippen molar-refractivity contribution < 1.29 is 14.1 Å². The SMILES string of the molecule is CN=C(NCc1ccc([N+](=O)[O-])cc1)NCC(C)Oc1cccc(F)c1.I. The van der Waals surface area contributed by atoms with E-state index in [1.807, 2.05) is 6.92 Å². The van der Waals surface area contributed by atoms with Crippen molar-refractivity contribution in [2.45, 2.75) is 19.6 Å². The molecule has 2 N–H and O–H groups in total. The van der Waals surface area contributed by atoms with Gasteiger partial charge in [-0.25, -0.2) is 4.39 Å². The maximum atomic E-state index is 13.2. The molecule has 2 aromatic rings. The lowest BCUT2D eigenvalue weighted by atomic mass is 10.2. The molecular formula is C18H22FIN4O3. The highest BCUT2D eigenvalue weighted by Crippen LogP contribution is 2.13. The Morgan fingerprint density at radius 3 is 2.56 bits per heavy atom. The maximum absolute atomic E-state index is 13.2. The first kappa shape index (κ1) is 22.6. The van der Waals surface area contributed by atoms with E-state index < -0.39 is 4.92 Å². The van der Waals surface area contributed by atoms with Crippen molar-refractivity contribution in [1.82, 2.24) is 10.6 Å². The maximum Gasteiger partial charge on any atom is 0.269 e. The van der Waals surface area contributed by atoms with Gasteiger partial charge in [0.2, 0.25) is 0 Å². The van der Waals surface area contributed by atoms with Gasteiger partial charge in [0.25, 0.3) is 5.69 Å². The van der Waals surface area contributed by atoms with Crippen molar-refractivity contribution in [3.63, 3.8) is 0 Å². The van der Waals surface area contributed by atoms with Crippen LogP contribution in [-0.4, -0.2) is 30.6 Å². The summed E-state index contributed by atoms with van der Waals surface area (Å²) in [4.78, 5) is 14.3. The molecule has 146 valence electrons. The molecule has 1 atom stereocenters. The normalized spacial score (nSPS) is 11.9. The first-order valence-electron chi connectivity index (χ1n) is 8.08. The monoisotopic (exact) mass is 488 g/mol. The molecule has 0 bridgehead atoms. The summed E-state index contributed by atoms with van der Waals surface area (Å²) in [6.45, 7) is 2.80. The Morgan fingerprint density at radius 1 is 1.26 bits per heavy atom. The molecule has 7 nitrogen and oxygen atoms in total. The summed E-state index contributed by atoms with van der Waals surface area (Å²) < 4.78 is 18.8. The van der Waals surface area contributed by atoms with Gasteiger partial charge in [0.05, 0.1) is 11.5 Å². The summed E-state index contributed by atoms with van der Waals surface area (Å²) >= 11 is 0. The molecule has 0 aliphatic heterocycles. The van der Waals surface area contributed by atoms with Crippen molar-refractivity contribution in [3.8, 4) is 5.75 Å². The Hall–Kier alpha value is -2.43. The van der Waals surface area contributed by atoms with Gasteiger partial charge in [0, 0.05) is 31.8 Å². The highest BCUT2D eigenvalue weighted by atomic mass is 127. The first-order chi connectivity index (χ1) is 12.5. The molecule has 0 aliphatic rings. The van der Waals surface area contributed by atoms with Crippen LogP contribution in [0.25, 0.3) is 0 Å². The van der Waals surface area contributed by atoms with Gasteiger partial charge in [-0.05, 0) is 24.6 Å². The number of nitrogens with one attached hydrogen (secondary N) is 2. The molecule has 0 aromatic heterocycles. The summed E-state index contributed by atoms with van der Waals surface area (Å²) in [7, 11) is 1.64. The lowest BCUT2D eigenvalue weighted by Crippen LogP contribution is -2.41. The summed E-state index contributed by atoms with van der Waals surface area (Å²) in [5.41, 5.74) is 0.946. The number of hydrogen-bond acceptors (Lipinski definition) is 4. The molecule has 2 rings (SSSR count). The molecule has 1 unspecified atom stereocenters. The molecule has 0 saturated carbocycles. The number of aliphatic imine (C=N–C) groups is 1. The molecule has 0 aliphatic carbocycles. The second-order valence-corrected chi connectivity index (χ2v) is 5.62. The van der Waals surface area contributed by atoms with Gasteiger partial charge in [-0.3, -0.25) is 15.1 Å². The van der Waals surface area contributed by atoms with Crippen LogP contribution in [0.3, 0.4) is 0 Å². The van der Waals surface area contributed by atoms with E-state index in [9.17, 15) is 14.5 Å². The van der Waals surface area contributed by atoms with E-state index in [1.54, 1.807) is 31.3 Å². The Balaban J connectivity index is 0.00000364. The third kappa shape index (κ3) is 7.77. The minimum atomic E-state index is -0.433. The van der Waals surface area contributed by atoms with E-state index >= 15 is 0 Å². The molecule has 0 spiro atoms. The second-order valence-electron chi connectivity index (χ2n) is 5.62. The van der Waals surface area contributed by atoms with Gasteiger partial charge >= 0.3 is 0 Å². The minimum Gasteiger partial charge on any atom is -0.489 e. The van der Waals surface area contributed by atoms with Crippen LogP contribution in [0.15, 0.2) is 53.5 Å². The van der Waals surface area contributed by atoms with Crippen LogP contribution in [0.4, 0.5) is 10.1 Å². The number of nitro groups is 1. The Labute approximate surface area is 174 Å². The number of hydrogen-bond donors (Lipinski definition) is 2. The van der Waals surface area contributed by atoms with E-state index in [4.69, 9.17) is 4.74 Å². The molecule has 9 heteroatoms. The number of non-ortho nitro benzene ring substituents is 1. The van der Waals surface area contributed by atoms with Crippen molar-refractivity contribution in [3.05, 3.63) is 70.0 Å². The van der Waals surface area contributed by atoms with Gasteiger partial charge in [0.15, 0.2) is 5.96 Å². The molecular weight excluding hydrogens is 466 g/mol. The molecule has 0 amide bonds. The Kier molecular flexibility index (Phi) is 9.48. The standard InChI is InChI=1S/C18H21FN4O3.HI/c1-13(26-17-5-3-4-15(19)10-17)11-21-18(20-2)22-12-14-6-8-16(9-7-14)23(24)25;/h3-10,13H,11-12H2,1-2H3,(H2,20,21,22);1H. The number of nitrogens with zero attached hydrogens (tertiary/aromatic N) is 2. The predicted octanol–water partition coefficient (Wildman–Crippen LogP) is 3.48. The number of benzene rings is 2. The quantitative estimate of drug-likeness (QED) is 0.205. The minimum absolute atomic E-state index is 0. The Morgan fingerprint density at radius 2 is 1.96 bits per heavy atom. The third-order valence-corrected chi connectivity index (χ3v) is 3.52. The third-order valence-electron chi connectivity index (χ3n) is 3.52. The number of guanidine groups is 1. The first-order valence-corrected chi connectivity index (χ1v) is 8.08. The van der Waals surface area contributed by atoms with E-state index in [0.29, 0.717) is 24.8 Å². The van der Waals surface area contributed by atoms with Crippen LogP contribution >= 0.6 is 24.0 Å². The summed E-state index contributed by atoms with van der Waals surface area (Å²) in [5.74, 6) is 0.689. The second kappa shape index (κ2) is 11.3. The van der Waals surface area contributed by atoms with E-state index in [2.05, 4.69) is 15.6 Å². The van der Waals surface area contributed by atoms with Crippen LogP contribution in [0.2, 0.25) is 0 Å². The fourth-order valence-corrected chi connectivity index (χ4v) is 2.20. The lowest BCUT2D eigenvalue weighted by molar-refractivity contribution is -0.384. The number of ether oxygens (including phenoxy) is 1. The average molecular weight is 488 g/mol. The van der Waals surface area contributed by atoms with Crippen LogP contribution in [0, 0.1) is 15.9 Å². The molecule has 0 radical (unpaired) electrons. The fraction of sp³-hybridized carbons (Fsp3) is 0.278. The number of rotatable bonds is 7. The van der Waals surface area contributed by atoms with Gasteiger partial charge in [-0.2, -0.15) is 0 Å². The summed E-state index contributed by atoms with van der Waals surface area (Å²) in [5, 5.41) is 16.9. The van der Waals surface area contributed by atoms with Crippen LogP contribution < -0.4 is 15.4 Å². The predicted molar refractivity (Wildman–Crippen MR) is 113 cm³/mol. The summed E-state index contributed by atoms with van der Waals surface area (Å²) in [6.07, 6.45) is -0.199. The van der Waals surface area contributed by atoms with E-state index in [0.717, 1.165) is 5.56 Å². The smallest absolute Gasteiger partial charge is 0.269 e. The number of halogens is 2. The molecule has 2 aromatic carbocycles. The molecule has 27 heavy (non-hydrogen) atoms. The number of nitro benzene ring substituents is 1. The molecule has 0 saturated heterocycles. The van der Waals surface area contributed by atoms with Crippen molar-refractivity contribution >= 4 is 35.6 Å². The zero-order valence-electron chi connectivity index (χ0n) is 15.0.